The molecule has 1 saturated heterocycles. The highest BCUT2D eigenvalue weighted by molar-refractivity contribution is 7.13. The molecule has 0 spiro atoms. The molecule has 5 nitrogen and oxygen atoms in total. The van der Waals surface area contributed by atoms with Gasteiger partial charge in [-0.1, -0.05) is 19.3 Å². The summed E-state index contributed by atoms with van der Waals surface area (Å²) in [6.07, 6.45) is 10.3. The van der Waals surface area contributed by atoms with Gasteiger partial charge in [-0.3, -0.25) is 4.79 Å². The number of carbonyl (C=O) groups is 1. The van der Waals surface area contributed by atoms with Crippen LogP contribution in [0.4, 0.5) is 0 Å². The Morgan fingerprint density at radius 1 is 1.17 bits per heavy atom. The van der Waals surface area contributed by atoms with Gasteiger partial charge in [-0.05, 0) is 30.7 Å². The Morgan fingerprint density at radius 2 is 1.96 bits per heavy atom. The lowest BCUT2D eigenvalue weighted by Gasteiger charge is -2.41. The lowest BCUT2D eigenvalue weighted by molar-refractivity contribution is -0.133. The van der Waals surface area contributed by atoms with Crippen LogP contribution in [-0.2, 0) is 11.2 Å². The molecule has 2 aromatic rings. The molecule has 2 fully saturated rings. The zero-order chi connectivity index (χ0) is 16.4. The molecule has 3 heterocycles. The Kier molecular flexibility index (Phi) is 4.56. The molecule has 2 aliphatic rings. The molecule has 1 saturated carbocycles. The number of carbonyl (C=O) groups excluding carboxylic acids is 1. The largest absolute Gasteiger partial charge is 0.342 e. The SMILES string of the molecule is O=C(Cc1csc(-c2ncccn2)n1)N1CC[C@@H]2CCCC[C@@H]2C1. The Hall–Kier alpha value is -1.82. The third-order valence-electron chi connectivity index (χ3n) is 5.29. The first-order valence-electron chi connectivity index (χ1n) is 8.79. The monoisotopic (exact) mass is 342 g/mol. The van der Waals surface area contributed by atoms with Crippen molar-refractivity contribution in [2.75, 3.05) is 13.1 Å². The second-order valence-electron chi connectivity index (χ2n) is 6.83. The van der Waals surface area contributed by atoms with Gasteiger partial charge >= 0.3 is 0 Å². The molecule has 1 amide bonds. The molecular weight excluding hydrogens is 320 g/mol. The molecule has 1 aliphatic carbocycles. The maximum Gasteiger partial charge on any atom is 0.228 e. The third kappa shape index (κ3) is 3.34. The van der Waals surface area contributed by atoms with Crippen LogP contribution in [0.15, 0.2) is 23.8 Å². The molecular formula is C18H22N4OS. The number of aromatic nitrogens is 3. The van der Waals surface area contributed by atoms with E-state index in [1.54, 1.807) is 18.5 Å². The van der Waals surface area contributed by atoms with Gasteiger partial charge in [-0.25, -0.2) is 15.0 Å². The van der Waals surface area contributed by atoms with Crippen molar-refractivity contribution < 1.29 is 4.79 Å². The van der Waals surface area contributed by atoms with Gasteiger partial charge in [0.2, 0.25) is 5.91 Å². The molecule has 4 rings (SSSR count). The number of likely N-dealkylation sites (tertiary alicyclic amines) is 1. The highest BCUT2D eigenvalue weighted by Gasteiger charge is 2.32. The molecule has 24 heavy (non-hydrogen) atoms. The van der Waals surface area contributed by atoms with Gasteiger partial charge in [-0.2, -0.15) is 0 Å². The number of fused-ring (bicyclic) bond motifs is 1. The molecule has 0 N–H and O–H groups in total. The predicted molar refractivity (Wildman–Crippen MR) is 93.5 cm³/mol. The molecule has 0 bridgehead atoms. The normalized spacial score (nSPS) is 23.8. The first kappa shape index (κ1) is 15.7. The van der Waals surface area contributed by atoms with Crippen LogP contribution >= 0.6 is 11.3 Å². The Bertz CT molecular complexity index is 702. The molecule has 6 heteroatoms. The zero-order valence-electron chi connectivity index (χ0n) is 13.7. The second kappa shape index (κ2) is 6.97. The van der Waals surface area contributed by atoms with Crippen molar-refractivity contribution in [2.24, 2.45) is 11.8 Å². The van der Waals surface area contributed by atoms with Crippen molar-refractivity contribution in [2.45, 2.75) is 38.5 Å². The van der Waals surface area contributed by atoms with E-state index in [9.17, 15) is 4.79 Å². The quantitative estimate of drug-likeness (QED) is 0.859. The summed E-state index contributed by atoms with van der Waals surface area (Å²) in [5, 5.41) is 2.74. The summed E-state index contributed by atoms with van der Waals surface area (Å²) in [4.78, 5) is 27.7. The molecule has 2 aromatic heterocycles. The fourth-order valence-electron chi connectivity index (χ4n) is 3.99. The van der Waals surface area contributed by atoms with Crippen LogP contribution < -0.4 is 0 Å². The fraction of sp³-hybridized carbons (Fsp3) is 0.556. The average Bonchev–Trinajstić information content (AvgIpc) is 3.10. The van der Waals surface area contributed by atoms with Gasteiger partial charge in [0.05, 0.1) is 12.1 Å². The first-order chi connectivity index (χ1) is 11.8. The van der Waals surface area contributed by atoms with Gasteiger partial charge in [0, 0.05) is 30.9 Å². The molecule has 126 valence electrons. The summed E-state index contributed by atoms with van der Waals surface area (Å²) in [5.74, 6) is 2.41. The fourth-order valence-corrected chi connectivity index (χ4v) is 4.76. The van der Waals surface area contributed by atoms with Crippen molar-refractivity contribution in [1.82, 2.24) is 19.9 Å². The lowest BCUT2D eigenvalue weighted by atomic mass is 9.75. The van der Waals surface area contributed by atoms with Gasteiger partial charge < -0.3 is 4.90 Å². The van der Waals surface area contributed by atoms with E-state index in [-0.39, 0.29) is 5.91 Å². The zero-order valence-corrected chi connectivity index (χ0v) is 14.5. The topological polar surface area (TPSA) is 59.0 Å². The van der Waals surface area contributed by atoms with Gasteiger partial charge in [0.15, 0.2) is 10.8 Å². The molecule has 1 aliphatic heterocycles. The van der Waals surface area contributed by atoms with Crippen molar-refractivity contribution in [3.63, 3.8) is 0 Å². The Morgan fingerprint density at radius 3 is 2.79 bits per heavy atom. The summed E-state index contributed by atoms with van der Waals surface area (Å²) >= 11 is 1.50. The van der Waals surface area contributed by atoms with Crippen molar-refractivity contribution in [1.29, 1.82) is 0 Å². The number of hydrogen-bond donors (Lipinski definition) is 0. The highest BCUT2D eigenvalue weighted by atomic mass is 32.1. The number of amides is 1. The van der Waals surface area contributed by atoms with Crippen molar-refractivity contribution in [3.8, 4) is 10.8 Å². The highest BCUT2D eigenvalue weighted by Crippen LogP contribution is 2.36. The van der Waals surface area contributed by atoms with E-state index in [0.717, 1.165) is 35.6 Å². The summed E-state index contributed by atoms with van der Waals surface area (Å²) in [7, 11) is 0. The third-order valence-corrected chi connectivity index (χ3v) is 6.17. The molecule has 2 atom stereocenters. The van der Waals surface area contributed by atoms with Gasteiger partial charge in [-0.15, -0.1) is 11.3 Å². The minimum Gasteiger partial charge on any atom is -0.342 e. The maximum atomic E-state index is 12.6. The molecule has 0 aromatic carbocycles. The number of rotatable bonds is 3. The Labute approximate surface area is 146 Å². The minimum absolute atomic E-state index is 0.213. The van der Waals surface area contributed by atoms with Crippen LogP contribution in [0.3, 0.4) is 0 Å². The first-order valence-corrected chi connectivity index (χ1v) is 9.67. The summed E-state index contributed by atoms with van der Waals surface area (Å²) in [6.45, 7) is 1.86. The lowest BCUT2D eigenvalue weighted by Crippen LogP contribution is -2.45. The summed E-state index contributed by atoms with van der Waals surface area (Å²) < 4.78 is 0. The van der Waals surface area contributed by atoms with E-state index in [1.165, 1.54) is 43.4 Å². The van der Waals surface area contributed by atoms with Gasteiger partial charge in [0.25, 0.3) is 0 Å². The second-order valence-corrected chi connectivity index (χ2v) is 7.68. The number of hydrogen-bond acceptors (Lipinski definition) is 5. The van der Waals surface area contributed by atoms with Gasteiger partial charge in [0.1, 0.15) is 0 Å². The maximum absolute atomic E-state index is 12.6. The number of piperidine rings is 1. The van der Waals surface area contributed by atoms with Crippen LogP contribution in [-0.4, -0.2) is 38.8 Å². The van der Waals surface area contributed by atoms with E-state index in [2.05, 4.69) is 19.9 Å². The Balaban J connectivity index is 1.39. The van der Waals surface area contributed by atoms with Crippen LogP contribution in [0, 0.1) is 11.8 Å². The van der Waals surface area contributed by atoms with Crippen LogP contribution in [0.5, 0.6) is 0 Å². The molecule has 0 radical (unpaired) electrons. The van der Waals surface area contributed by atoms with Crippen LogP contribution in [0.2, 0.25) is 0 Å². The smallest absolute Gasteiger partial charge is 0.228 e. The standard InChI is InChI=1S/C18H22N4OS/c23-16(22-9-6-13-4-1-2-5-14(13)11-22)10-15-12-24-18(21-15)17-19-7-3-8-20-17/h3,7-8,12-14H,1-2,4-6,9-11H2/t13-,14+/m0/s1. The number of nitrogens with zero attached hydrogens (tertiary/aromatic N) is 4. The van der Waals surface area contributed by atoms with Crippen molar-refractivity contribution in [3.05, 3.63) is 29.5 Å². The summed E-state index contributed by atoms with van der Waals surface area (Å²) in [6, 6.07) is 1.79. The molecule has 0 unspecified atom stereocenters. The predicted octanol–water partition coefficient (Wildman–Crippen LogP) is 3.18. The van der Waals surface area contributed by atoms with E-state index in [1.807, 2.05) is 5.38 Å². The van der Waals surface area contributed by atoms with E-state index in [4.69, 9.17) is 0 Å². The van der Waals surface area contributed by atoms with E-state index in [0.29, 0.717) is 12.2 Å². The minimum atomic E-state index is 0.213. The summed E-state index contributed by atoms with van der Waals surface area (Å²) in [5.41, 5.74) is 0.832. The average molecular weight is 342 g/mol. The van der Waals surface area contributed by atoms with Crippen LogP contribution in [0.25, 0.3) is 10.8 Å². The van der Waals surface area contributed by atoms with Crippen LogP contribution in [0.1, 0.15) is 37.8 Å². The van der Waals surface area contributed by atoms with E-state index >= 15 is 0 Å². The van der Waals surface area contributed by atoms with Crippen molar-refractivity contribution >= 4 is 17.2 Å². The van der Waals surface area contributed by atoms with E-state index < -0.39 is 0 Å². The number of thiazole rings is 1.